The van der Waals surface area contributed by atoms with Gasteiger partial charge < -0.3 is 0 Å². The molecule has 0 aromatic rings. The van der Waals surface area contributed by atoms with Crippen LogP contribution >= 0.6 is 0 Å². The maximum atomic E-state index is 0. The molecule has 0 aliphatic carbocycles. The van der Waals surface area contributed by atoms with Crippen LogP contribution in [0.1, 0.15) is 0 Å². The van der Waals surface area contributed by atoms with Crippen molar-refractivity contribution >= 4 is 17.4 Å². The molecule has 0 bridgehead atoms. The number of rotatable bonds is 0. The maximum absolute atomic E-state index is 0. The molecular weight excluding hydrogens is 264 g/mol. The van der Waals surface area contributed by atoms with Crippen molar-refractivity contribution in [2.24, 2.45) is 0 Å². The van der Waals surface area contributed by atoms with E-state index in [0.29, 0.717) is 0 Å². The molecular formula is H3AlCoCuFeNi. The van der Waals surface area contributed by atoms with Crippen molar-refractivity contribution in [1.82, 2.24) is 0 Å². The Morgan fingerprint density at radius 1 is 1.00 bits per heavy atom. The molecule has 0 aliphatic heterocycles. The van der Waals surface area contributed by atoms with E-state index in [9.17, 15) is 0 Å². The van der Waals surface area contributed by atoms with Gasteiger partial charge in [-0.2, -0.15) is 0 Å². The molecule has 0 nitrogen and oxygen atoms in total. The Balaban J connectivity index is 0. The van der Waals surface area contributed by atoms with Crippen LogP contribution in [0, 0.1) is 0 Å². The largest absolute Gasteiger partial charge is 0.187 e. The van der Waals surface area contributed by atoms with Gasteiger partial charge in [-0.15, -0.1) is 0 Å². The van der Waals surface area contributed by atoms with Gasteiger partial charge in [0.05, 0.1) is 0 Å². The zero-order valence-electron chi connectivity index (χ0n) is 1.30. The molecule has 0 rings (SSSR count). The van der Waals surface area contributed by atoms with Gasteiger partial charge in [-0.1, -0.05) is 0 Å². The molecule has 0 fully saturated rings. The fourth-order valence-electron chi connectivity index (χ4n) is 0. The average Bonchev–Trinajstić information content (AvgIpc) is 0. The van der Waals surface area contributed by atoms with Crippen LogP contribution in [-0.4, -0.2) is 17.4 Å². The van der Waals surface area contributed by atoms with Crippen LogP contribution in [0.25, 0.3) is 0 Å². The molecule has 5 heavy (non-hydrogen) atoms. The van der Waals surface area contributed by atoms with Gasteiger partial charge in [0.2, 0.25) is 0 Å². The molecule has 0 saturated carbocycles. The van der Waals surface area contributed by atoms with Crippen LogP contribution in [-0.2, 0) is 67.4 Å². The predicted molar refractivity (Wildman–Crippen MR) is 9.94 cm³/mol. The van der Waals surface area contributed by atoms with Gasteiger partial charge in [0.15, 0.2) is 17.4 Å². The topological polar surface area (TPSA) is 0 Å². The molecule has 0 unspecified atom stereocenters. The van der Waals surface area contributed by atoms with Gasteiger partial charge >= 0.3 is 0 Å². The molecule has 0 amide bonds. The van der Waals surface area contributed by atoms with Crippen molar-refractivity contribution in [2.75, 3.05) is 0 Å². The Labute approximate surface area is 83.8 Å². The minimum absolute atomic E-state index is 0. The summed E-state index contributed by atoms with van der Waals surface area (Å²) in [6, 6.07) is 0. The molecule has 0 aromatic carbocycles. The van der Waals surface area contributed by atoms with Gasteiger partial charge in [-0.3, -0.25) is 0 Å². The van der Waals surface area contributed by atoms with Crippen molar-refractivity contribution in [3.05, 3.63) is 0 Å². The van der Waals surface area contributed by atoms with Gasteiger partial charge in [0.1, 0.15) is 0 Å². The summed E-state index contributed by atoms with van der Waals surface area (Å²) in [5, 5.41) is 0. The first kappa shape index (κ1) is 49.4. The van der Waals surface area contributed by atoms with Crippen LogP contribution in [0.15, 0.2) is 0 Å². The number of hydrogen-bond acceptors (Lipinski definition) is 0. The summed E-state index contributed by atoms with van der Waals surface area (Å²) in [6.45, 7) is 0. The molecule has 0 spiro atoms. The quantitative estimate of drug-likeness (QED) is 0.484. The molecule has 0 heterocycles. The van der Waals surface area contributed by atoms with E-state index in [1.54, 1.807) is 0 Å². The second-order valence-corrected chi connectivity index (χ2v) is 0. The fourth-order valence-corrected chi connectivity index (χ4v) is 0. The van der Waals surface area contributed by atoms with Gasteiger partial charge in [-0.05, 0) is 0 Å². The van der Waals surface area contributed by atoms with E-state index in [0.717, 1.165) is 0 Å². The van der Waals surface area contributed by atoms with E-state index in [-0.39, 0.29) is 84.8 Å². The zero-order valence-corrected chi connectivity index (χ0v) is 5.38. The third-order valence-electron chi connectivity index (χ3n) is 0. The van der Waals surface area contributed by atoms with Crippen molar-refractivity contribution in [3.63, 3.8) is 0 Å². The van der Waals surface area contributed by atoms with E-state index in [1.165, 1.54) is 0 Å². The van der Waals surface area contributed by atoms with E-state index in [4.69, 9.17) is 0 Å². The van der Waals surface area contributed by atoms with Crippen molar-refractivity contribution in [2.45, 2.75) is 0 Å². The van der Waals surface area contributed by atoms with E-state index in [1.807, 2.05) is 0 Å². The molecule has 44 valence electrons. The first-order chi connectivity index (χ1) is 0. The SMILES string of the molecule is [AlH3].[Co].[Cu].[Fe].[Ni]. The van der Waals surface area contributed by atoms with Crippen LogP contribution in [0.2, 0.25) is 0 Å². The van der Waals surface area contributed by atoms with Crippen LogP contribution in [0.5, 0.6) is 0 Å². The standard InChI is InChI=1S/Al.Co.Cu.Fe.Ni.3H. The van der Waals surface area contributed by atoms with Crippen molar-refractivity contribution < 1.29 is 67.4 Å². The summed E-state index contributed by atoms with van der Waals surface area (Å²) >= 11 is 0. The Hall–Kier alpha value is 2.57. The summed E-state index contributed by atoms with van der Waals surface area (Å²) in [5.41, 5.74) is 0. The van der Waals surface area contributed by atoms with E-state index in [2.05, 4.69) is 0 Å². The van der Waals surface area contributed by atoms with Crippen LogP contribution < -0.4 is 0 Å². The second-order valence-electron chi connectivity index (χ2n) is 0. The minimum atomic E-state index is 0. The molecule has 2 radical (unpaired) electrons. The maximum Gasteiger partial charge on any atom is 0.187 e. The smallest absolute Gasteiger partial charge is 0 e. The van der Waals surface area contributed by atoms with Gasteiger partial charge in [0, 0.05) is 67.4 Å². The summed E-state index contributed by atoms with van der Waals surface area (Å²) < 4.78 is 0. The minimum Gasteiger partial charge on any atom is 0 e. The predicted octanol–water partition coefficient (Wildman–Crippen LogP) is -1.19. The average molecular weight is 267 g/mol. The monoisotopic (exact) mass is 266 g/mol. The van der Waals surface area contributed by atoms with E-state index >= 15 is 0 Å². The van der Waals surface area contributed by atoms with Crippen molar-refractivity contribution in [3.8, 4) is 0 Å². The summed E-state index contributed by atoms with van der Waals surface area (Å²) in [6.07, 6.45) is 0. The summed E-state index contributed by atoms with van der Waals surface area (Å²) in [7, 11) is 0. The summed E-state index contributed by atoms with van der Waals surface area (Å²) in [5.74, 6) is 0. The molecule has 0 aliphatic rings. The Bertz CT molecular complexity index is 11.6. The zero-order chi connectivity index (χ0) is 0. The summed E-state index contributed by atoms with van der Waals surface area (Å²) in [4.78, 5) is 0. The fraction of sp³-hybridized carbons (Fsp3) is 0. The first-order valence-corrected chi connectivity index (χ1v) is 0. The number of hydrogen-bond donors (Lipinski definition) is 0. The molecule has 0 saturated heterocycles. The van der Waals surface area contributed by atoms with Crippen LogP contribution in [0.4, 0.5) is 0 Å². The third kappa shape index (κ3) is 20.8. The van der Waals surface area contributed by atoms with E-state index < -0.39 is 0 Å². The normalized spacial score (nSPS) is 0. The molecule has 0 N–H and O–H groups in total. The van der Waals surface area contributed by atoms with Crippen molar-refractivity contribution in [1.29, 1.82) is 0 Å². The molecule has 0 aromatic heterocycles. The first-order valence-electron chi connectivity index (χ1n) is 0. The Morgan fingerprint density at radius 2 is 1.00 bits per heavy atom. The third-order valence-corrected chi connectivity index (χ3v) is 0. The second kappa shape index (κ2) is 30.8. The van der Waals surface area contributed by atoms with Gasteiger partial charge in [0.25, 0.3) is 0 Å². The Kier molecular flexibility index (Phi) is 305. The molecule has 0 atom stereocenters. The Morgan fingerprint density at radius 3 is 1.00 bits per heavy atom. The van der Waals surface area contributed by atoms with Gasteiger partial charge in [-0.25, -0.2) is 0 Å². The van der Waals surface area contributed by atoms with Crippen LogP contribution in [0.3, 0.4) is 0 Å². The molecule has 5 heteroatoms.